The molecule has 4 heteroatoms. The van der Waals surface area contributed by atoms with Gasteiger partial charge in [0.1, 0.15) is 11.3 Å². The zero-order valence-electron chi connectivity index (χ0n) is 32.9. The van der Waals surface area contributed by atoms with Crippen molar-refractivity contribution in [1.82, 2.24) is 0 Å². The van der Waals surface area contributed by atoms with E-state index in [0.717, 1.165) is 78.7 Å². The van der Waals surface area contributed by atoms with Crippen molar-refractivity contribution in [3.05, 3.63) is 237 Å². The molecule has 0 radical (unpaired) electrons. The molecule has 0 spiro atoms. The Morgan fingerprint density at radius 1 is 0.333 bits per heavy atom. The van der Waals surface area contributed by atoms with Crippen LogP contribution in [0.4, 0.5) is 34.1 Å². The summed E-state index contributed by atoms with van der Waals surface area (Å²) in [5, 5.41) is 1.15. The molecule has 0 atom stereocenters. The molecule has 0 saturated heterocycles. The van der Waals surface area contributed by atoms with Crippen LogP contribution in [0.5, 0.6) is 0 Å². The Morgan fingerprint density at radius 3 is 1.18 bits per heavy atom. The predicted molar refractivity (Wildman–Crippen MR) is 253 cm³/mol. The van der Waals surface area contributed by atoms with Gasteiger partial charge < -0.3 is 14.2 Å². The molecule has 0 saturated carbocycles. The fourth-order valence-corrected chi connectivity index (χ4v) is 8.92. The van der Waals surface area contributed by atoms with Crippen molar-refractivity contribution in [3.8, 4) is 33.6 Å². The number of hydrogen-bond donors (Lipinski definition) is 0. The summed E-state index contributed by atoms with van der Waals surface area (Å²) in [6.07, 6.45) is 0. The van der Waals surface area contributed by atoms with E-state index in [1.54, 1.807) is 0 Å². The van der Waals surface area contributed by atoms with Crippen LogP contribution in [0.15, 0.2) is 241 Å². The maximum Gasteiger partial charge on any atom is 0.248 e. The summed E-state index contributed by atoms with van der Waals surface area (Å²) in [7, 11) is 0. The molecule has 1 aliphatic rings. The fraction of sp³-hybridized carbons (Fsp3) is 0. The number of benzene rings is 9. The van der Waals surface area contributed by atoms with Crippen LogP contribution in [0.25, 0.3) is 44.5 Å². The number of fused-ring (bicyclic) bond motifs is 5. The second-order valence-corrected chi connectivity index (χ2v) is 15.3. The summed E-state index contributed by atoms with van der Waals surface area (Å²) in [4.78, 5) is 4.59. The Morgan fingerprint density at radius 2 is 0.717 bits per heavy atom. The summed E-state index contributed by atoms with van der Waals surface area (Å²) in [6, 6.07) is 84.4. The molecule has 60 heavy (non-hydrogen) atoms. The molecule has 1 aliphatic heterocycles. The van der Waals surface area contributed by atoms with Crippen LogP contribution < -0.4 is 26.2 Å². The van der Waals surface area contributed by atoms with E-state index in [9.17, 15) is 0 Å². The summed E-state index contributed by atoms with van der Waals surface area (Å²) >= 11 is 0. The van der Waals surface area contributed by atoms with Crippen LogP contribution in [0.2, 0.25) is 0 Å². The van der Waals surface area contributed by atoms with E-state index in [2.05, 4.69) is 246 Å². The molecule has 0 amide bonds. The van der Waals surface area contributed by atoms with Gasteiger partial charge in [-0.1, -0.05) is 157 Å². The maximum absolute atomic E-state index is 6.85. The van der Waals surface area contributed by atoms with Gasteiger partial charge >= 0.3 is 0 Å². The standard InChI is InChI=1S/C56H39BN2O/c1-6-16-44(17-7-1)57-53-36-30-42(40-26-32-49(33-27-40)58(45-18-8-2-9-19-45)46-20-10-3-11-21-46)38-51(53)56-55(57)52-39-43(31-37-54(52)60-56)41-28-34-50(35-29-41)59(47-22-12-4-13-23-47)48-24-14-5-15-25-48/h1-39H. The minimum absolute atomic E-state index is 0.0575. The first-order chi connectivity index (χ1) is 29.8. The minimum Gasteiger partial charge on any atom is -0.457 e. The number of hydrogen-bond acceptors (Lipinski definition) is 3. The highest BCUT2D eigenvalue weighted by Crippen LogP contribution is 2.39. The zero-order valence-corrected chi connectivity index (χ0v) is 32.9. The second kappa shape index (κ2) is 15.2. The second-order valence-electron chi connectivity index (χ2n) is 15.3. The van der Waals surface area contributed by atoms with Gasteiger partial charge in [-0.25, -0.2) is 0 Å². The number of anilines is 6. The molecule has 0 unspecified atom stereocenters. The molecule has 2 heterocycles. The molecule has 9 aromatic carbocycles. The highest BCUT2D eigenvalue weighted by atomic mass is 16.3. The Hall–Kier alpha value is -7.82. The molecule has 10 aromatic rings. The average Bonchev–Trinajstić information content (AvgIpc) is 3.85. The molecule has 0 bridgehead atoms. The molecule has 282 valence electrons. The lowest BCUT2D eigenvalue weighted by Crippen LogP contribution is -2.48. The fourth-order valence-electron chi connectivity index (χ4n) is 8.92. The lowest BCUT2D eigenvalue weighted by atomic mass is 9.38. The number of furan rings is 1. The van der Waals surface area contributed by atoms with Gasteiger partial charge in [-0.2, -0.15) is 0 Å². The molecule has 0 fully saturated rings. The van der Waals surface area contributed by atoms with Gasteiger partial charge in [-0.3, -0.25) is 0 Å². The van der Waals surface area contributed by atoms with E-state index in [1.807, 2.05) is 0 Å². The van der Waals surface area contributed by atoms with Crippen LogP contribution in [0.3, 0.4) is 0 Å². The quantitative estimate of drug-likeness (QED) is 0.136. The summed E-state index contributed by atoms with van der Waals surface area (Å²) < 4.78 is 6.85. The van der Waals surface area contributed by atoms with Gasteiger partial charge in [0.05, 0.1) is 0 Å². The summed E-state index contributed by atoms with van der Waals surface area (Å²) in [5.41, 5.74) is 17.2. The van der Waals surface area contributed by atoms with Gasteiger partial charge in [-0.05, 0) is 119 Å². The summed E-state index contributed by atoms with van der Waals surface area (Å²) in [6.45, 7) is 0.0575. The van der Waals surface area contributed by atoms with Crippen LogP contribution >= 0.6 is 0 Å². The zero-order chi connectivity index (χ0) is 39.8. The Bertz CT molecular complexity index is 2980. The van der Waals surface area contributed by atoms with E-state index < -0.39 is 0 Å². The largest absolute Gasteiger partial charge is 0.457 e. The normalized spacial score (nSPS) is 11.6. The molecule has 3 nitrogen and oxygen atoms in total. The first-order valence-electron chi connectivity index (χ1n) is 20.5. The van der Waals surface area contributed by atoms with E-state index in [4.69, 9.17) is 4.42 Å². The Balaban J connectivity index is 0.963. The van der Waals surface area contributed by atoms with E-state index in [1.165, 1.54) is 16.4 Å². The molecular formula is C56H39BN2O. The van der Waals surface area contributed by atoms with Crippen LogP contribution in [0, 0.1) is 0 Å². The van der Waals surface area contributed by atoms with Crippen molar-refractivity contribution in [2.75, 3.05) is 9.80 Å². The van der Waals surface area contributed by atoms with Crippen molar-refractivity contribution in [1.29, 1.82) is 0 Å². The van der Waals surface area contributed by atoms with Crippen molar-refractivity contribution in [3.63, 3.8) is 0 Å². The number of nitrogens with zero attached hydrogens (tertiary/aromatic N) is 2. The molecular weight excluding hydrogens is 727 g/mol. The third kappa shape index (κ3) is 6.36. The first-order valence-corrected chi connectivity index (χ1v) is 20.5. The van der Waals surface area contributed by atoms with Gasteiger partial charge in [0.2, 0.25) is 6.71 Å². The molecule has 0 aliphatic carbocycles. The van der Waals surface area contributed by atoms with Crippen molar-refractivity contribution >= 4 is 68.2 Å². The number of para-hydroxylation sites is 4. The van der Waals surface area contributed by atoms with Crippen LogP contribution in [0.1, 0.15) is 0 Å². The minimum atomic E-state index is 0.0575. The van der Waals surface area contributed by atoms with Crippen LogP contribution in [-0.2, 0) is 0 Å². The van der Waals surface area contributed by atoms with Crippen LogP contribution in [-0.4, -0.2) is 6.71 Å². The molecule has 11 rings (SSSR count). The van der Waals surface area contributed by atoms with Crippen molar-refractivity contribution < 1.29 is 4.42 Å². The van der Waals surface area contributed by atoms with Gasteiger partial charge in [-0.15, -0.1) is 0 Å². The molecule has 0 N–H and O–H groups in total. The average molecular weight is 767 g/mol. The number of rotatable bonds is 9. The topological polar surface area (TPSA) is 19.6 Å². The SMILES string of the molecule is c1ccc(B2c3ccc(-c4ccc(N(c5ccccc5)c5ccccc5)cc4)cc3-c3oc4ccc(-c5ccc(N(c6ccccc6)c6ccccc6)cc5)cc4c32)cc1. The van der Waals surface area contributed by atoms with E-state index >= 15 is 0 Å². The third-order valence-corrected chi connectivity index (χ3v) is 11.7. The Kier molecular flexibility index (Phi) is 8.94. The van der Waals surface area contributed by atoms with E-state index in [0.29, 0.717) is 0 Å². The van der Waals surface area contributed by atoms with E-state index in [-0.39, 0.29) is 6.71 Å². The molecule has 1 aromatic heterocycles. The monoisotopic (exact) mass is 766 g/mol. The van der Waals surface area contributed by atoms with Gasteiger partial charge in [0.15, 0.2) is 0 Å². The Labute approximate surface area is 351 Å². The van der Waals surface area contributed by atoms with Crippen molar-refractivity contribution in [2.24, 2.45) is 0 Å². The lowest BCUT2D eigenvalue weighted by Gasteiger charge is -2.25. The highest BCUT2D eigenvalue weighted by molar-refractivity contribution is 7.00. The first kappa shape index (κ1) is 35.4. The predicted octanol–water partition coefficient (Wildman–Crippen LogP) is 13.2. The highest BCUT2D eigenvalue weighted by Gasteiger charge is 2.38. The van der Waals surface area contributed by atoms with Crippen molar-refractivity contribution in [2.45, 2.75) is 0 Å². The van der Waals surface area contributed by atoms with Gasteiger partial charge in [0.25, 0.3) is 0 Å². The lowest BCUT2D eigenvalue weighted by molar-refractivity contribution is 0.635. The smallest absolute Gasteiger partial charge is 0.248 e. The summed E-state index contributed by atoms with van der Waals surface area (Å²) in [5.74, 6) is 0.959. The maximum atomic E-state index is 6.85. The van der Waals surface area contributed by atoms with Gasteiger partial charge in [0, 0.05) is 45.1 Å². The third-order valence-electron chi connectivity index (χ3n) is 11.7.